The summed E-state index contributed by atoms with van der Waals surface area (Å²) in [4.78, 5) is 16.2. The van der Waals surface area contributed by atoms with Gasteiger partial charge in [-0.1, -0.05) is 16.8 Å². The fourth-order valence-corrected chi connectivity index (χ4v) is 2.81. The molecule has 1 aromatic heterocycles. The number of benzene rings is 1. The summed E-state index contributed by atoms with van der Waals surface area (Å²) in [5.41, 5.74) is 0.917. The van der Waals surface area contributed by atoms with Crippen molar-refractivity contribution in [3.05, 3.63) is 52.1 Å². The summed E-state index contributed by atoms with van der Waals surface area (Å²) in [6.45, 7) is 5.06. The molecule has 0 unspecified atom stereocenters. The monoisotopic (exact) mass is 337 g/mol. The number of carbonyl (C=O) groups is 1. The first-order valence-electron chi connectivity index (χ1n) is 7.42. The Morgan fingerprint density at radius 1 is 1.30 bits per heavy atom. The number of amides is 1. The van der Waals surface area contributed by atoms with E-state index >= 15 is 0 Å². The molecule has 1 aromatic carbocycles. The van der Waals surface area contributed by atoms with Crippen LogP contribution in [-0.2, 0) is 6.54 Å². The number of carbonyl (C=O) groups excluding carboxylic acids is 1. The van der Waals surface area contributed by atoms with Crippen molar-refractivity contribution in [2.24, 2.45) is 0 Å². The summed E-state index contributed by atoms with van der Waals surface area (Å²) in [5.74, 6) is -0.0672. The van der Waals surface area contributed by atoms with Crippen LogP contribution < -0.4 is 0 Å². The predicted octanol–water partition coefficient (Wildman–Crippen LogP) is 2.73. The molecule has 1 saturated heterocycles. The molecule has 7 heteroatoms. The van der Waals surface area contributed by atoms with Crippen molar-refractivity contribution >= 4 is 17.5 Å². The zero-order valence-electron chi connectivity index (χ0n) is 12.8. The van der Waals surface area contributed by atoms with E-state index in [0.29, 0.717) is 32.7 Å². The van der Waals surface area contributed by atoms with Crippen LogP contribution in [0.15, 0.2) is 28.8 Å². The second kappa shape index (κ2) is 6.68. The van der Waals surface area contributed by atoms with Gasteiger partial charge in [-0.25, -0.2) is 4.39 Å². The summed E-state index contributed by atoms with van der Waals surface area (Å²) in [6.07, 6.45) is 0. The van der Waals surface area contributed by atoms with Crippen molar-refractivity contribution < 1.29 is 13.7 Å². The van der Waals surface area contributed by atoms with Gasteiger partial charge in [0.25, 0.3) is 5.91 Å². The van der Waals surface area contributed by atoms with Crippen LogP contribution in [0.3, 0.4) is 0 Å². The van der Waals surface area contributed by atoms with Gasteiger partial charge in [-0.2, -0.15) is 0 Å². The van der Waals surface area contributed by atoms with Gasteiger partial charge in [0.15, 0.2) is 5.76 Å². The number of halogens is 2. The maximum atomic E-state index is 13.9. The molecule has 5 nitrogen and oxygen atoms in total. The van der Waals surface area contributed by atoms with E-state index in [9.17, 15) is 9.18 Å². The summed E-state index contributed by atoms with van der Waals surface area (Å²) >= 11 is 5.72. The molecular formula is C16H17ClFN3O2. The maximum absolute atomic E-state index is 13.9. The fourth-order valence-electron chi connectivity index (χ4n) is 2.65. The van der Waals surface area contributed by atoms with Crippen LogP contribution in [-0.4, -0.2) is 47.0 Å². The Kier molecular flexibility index (Phi) is 4.63. The smallest absolute Gasteiger partial charge is 0.256 e. The molecule has 1 aliphatic rings. The van der Waals surface area contributed by atoms with Crippen LogP contribution in [0.5, 0.6) is 0 Å². The molecule has 1 amide bonds. The molecule has 1 aliphatic heterocycles. The highest BCUT2D eigenvalue weighted by atomic mass is 35.5. The Hall–Kier alpha value is -1.92. The van der Waals surface area contributed by atoms with Gasteiger partial charge in [0, 0.05) is 37.3 Å². The number of aryl methyl sites for hydroxylation is 1. The molecule has 0 N–H and O–H groups in total. The molecule has 0 bridgehead atoms. The second-order valence-electron chi connectivity index (χ2n) is 5.63. The predicted molar refractivity (Wildman–Crippen MR) is 83.8 cm³/mol. The standard InChI is InChI=1S/C16H17ClFN3O2/c1-11-8-13(23-19-11)10-20-4-6-21(7-5-20)16(22)14-3-2-12(17)9-15(14)18/h2-3,8-9H,4-7,10H2,1H3. The number of hydrogen-bond donors (Lipinski definition) is 0. The van der Waals surface area contributed by atoms with Crippen LogP contribution in [0.1, 0.15) is 21.8 Å². The summed E-state index contributed by atoms with van der Waals surface area (Å²) in [6, 6.07) is 6.03. The third-order valence-electron chi connectivity index (χ3n) is 3.88. The lowest BCUT2D eigenvalue weighted by Crippen LogP contribution is -2.48. The Morgan fingerprint density at radius 3 is 2.65 bits per heavy atom. The molecular weight excluding hydrogens is 321 g/mol. The number of nitrogens with zero attached hydrogens (tertiary/aromatic N) is 3. The lowest BCUT2D eigenvalue weighted by Gasteiger charge is -2.34. The minimum Gasteiger partial charge on any atom is -0.360 e. The van der Waals surface area contributed by atoms with Gasteiger partial charge in [-0.05, 0) is 25.1 Å². The van der Waals surface area contributed by atoms with E-state index in [0.717, 1.165) is 17.5 Å². The van der Waals surface area contributed by atoms with Gasteiger partial charge in [0.05, 0.1) is 17.8 Å². The maximum Gasteiger partial charge on any atom is 0.256 e. The van der Waals surface area contributed by atoms with Crippen molar-refractivity contribution in [1.29, 1.82) is 0 Å². The van der Waals surface area contributed by atoms with Gasteiger partial charge in [-0.15, -0.1) is 0 Å². The number of rotatable bonds is 3. The first-order valence-corrected chi connectivity index (χ1v) is 7.79. The third kappa shape index (κ3) is 3.71. The van der Waals surface area contributed by atoms with E-state index < -0.39 is 5.82 Å². The highest BCUT2D eigenvalue weighted by molar-refractivity contribution is 6.30. The summed E-state index contributed by atoms with van der Waals surface area (Å²) < 4.78 is 19.1. The Labute approximate surface area is 138 Å². The molecule has 1 fully saturated rings. The van der Waals surface area contributed by atoms with Crippen LogP contribution in [0, 0.1) is 12.7 Å². The molecule has 0 radical (unpaired) electrons. The molecule has 2 aromatic rings. The van der Waals surface area contributed by atoms with Crippen LogP contribution >= 0.6 is 11.6 Å². The highest BCUT2D eigenvalue weighted by Crippen LogP contribution is 2.18. The van der Waals surface area contributed by atoms with Crippen LogP contribution in [0.2, 0.25) is 5.02 Å². The van der Waals surface area contributed by atoms with E-state index in [1.807, 2.05) is 13.0 Å². The summed E-state index contributed by atoms with van der Waals surface area (Å²) in [5, 5.41) is 4.15. The number of piperazine rings is 1. The molecule has 23 heavy (non-hydrogen) atoms. The molecule has 0 aliphatic carbocycles. The second-order valence-corrected chi connectivity index (χ2v) is 6.06. The Morgan fingerprint density at radius 2 is 2.04 bits per heavy atom. The fraction of sp³-hybridized carbons (Fsp3) is 0.375. The molecule has 3 rings (SSSR count). The van der Waals surface area contributed by atoms with Crippen molar-refractivity contribution in [2.75, 3.05) is 26.2 Å². The number of hydrogen-bond acceptors (Lipinski definition) is 4. The third-order valence-corrected chi connectivity index (χ3v) is 4.11. The number of aromatic nitrogens is 1. The van der Waals surface area contributed by atoms with E-state index in [-0.39, 0.29) is 16.5 Å². The summed E-state index contributed by atoms with van der Waals surface area (Å²) in [7, 11) is 0. The zero-order valence-corrected chi connectivity index (χ0v) is 13.5. The lowest BCUT2D eigenvalue weighted by atomic mass is 10.1. The van der Waals surface area contributed by atoms with Gasteiger partial charge in [-0.3, -0.25) is 9.69 Å². The molecule has 0 spiro atoms. The van der Waals surface area contributed by atoms with Crippen molar-refractivity contribution in [1.82, 2.24) is 15.0 Å². The normalized spacial score (nSPS) is 15.9. The average molecular weight is 338 g/mol. The topological polar surface area (TPSA) is 49.6 Å². The highest BCUT2D eigenvalue weighted by Gasteiger charge is 2.24. The molecule has 0 saturated carbocycles. The first-order chi connectivity index (χ1) is 11.0. The Balaban J connectivity index is 1.59. The van der Waals surface area contributed by atoms with E-state index in [4.69, 9.17) is 16.1 Å². The van der Waals surface area contributed by atoms with Crippen LogP contribution in [0.25, 0.3) is 0 Å². The lowest BCUT2D eigenvalue weighted by molar-refractivity contribution is 0.0613. The minimum atomic E-state index is -0.581. The SMILES string of the molecule is Cc1cc(CN2CCN(C(=O)c3ccc(Cl)cc3F)CC2)on1. The van der Waals surface area contributed by atoms with Gasteiger partial charge >= 0.3 is 0 Å². The van der Waals surface area contributed by atoms with Crippen LogP contribution in [0.4, 0.5) is 4.39 Å². The van der Waals surface area contributed by atoms with E-state index in [1.165, 1.54) is 12.1 Å². The minimum absolute atomic E-state index is 0.0636. The van der Waals surface area contributed by atoms with Crippen molar-refractivity contribution in [3.8, 4) is 0 Å². The van der Waals surface area contributed by atoms with Crippen molar-refractivity contribution in [3.63, 3.8) is 0 Å². The quantitative estimate of drug-likeness (QED) is 0.864. The van der Waals surface area contributed by atoms with E-state index in [1.54, 1.807) is 4.90 Å². The van der Waals surface area contributed by atoms with Gasteiger partial charge < -0.3 is 9.42 Å². The van der Waals surface area contributed by atoms with Gasteiger partial charge in [0.1, 0.15) is 5.82 Å². The molecule has 122 valence electrons. The van der Waals surface area contributed by atoms with Gasteiger partial charge in [0.2, 0.25) is 0 Å². The zero-order chi connectivity index (χ0) is 16.4. The molecule has 0 atom stereocenters. The largest absolute Gasteiger partial charge is 0.360 e. The molecule has 2 heterocycles. The Bertz CT molecular complexity index is 711. The van der Waals surface area contributed by atoms with Crippen molar-refractivity contribution in [2.45, 2.75) is 13.5 Å². The van der Waals surface area contributed by atoms with E-state index in [2.05, 4.69) is 10.1 Å². The first kappa shape index (κ1) is 16.0. The average Bonchev–Trinajstić information content (AvgIpc) is 2.92.